The number of amides is 1. The second-order valence-electron chi connectivity index (χ2n) is 12.1. The number of nitrogens with zero attached hydrogens (tertiary/aromatic N) is 4. The third-order valence-corrected chi connectivity index (χ3v) is 9.27. The SMILES string of the molecule is CCC[C@H]1CCC[C@H](N2[C@@H]3CCC[C@H]2C[C@@H](n2c(=O)c(/C(CCC(=O)O)=N/OCC(N)=O)nc4ccccc42)C3)C1. The predicted octanol–water partition coefficient (Wildman–Crippen LogP) is 4.38. The first kappa shape index (κ1) is 29.2. The van der Waals surface area contributed by atoms with E-state index in [9.17, 15) is 19.5 Å². The number of benzene rings is 1. The number of rotatable bonds is 11. The summed E-state index contributed by atoms with van der Waals surface area (Å²) < 4.78 is 1.88. The molecule has 0 spiro atoms. The van der Waals surface area contributed by atoms with Crippen LogP contribution < -0.4 is 11.3 Å². The number of carboxylic acids is 1. The second kappa shape index (κ2) is 13.1. The van der Waals surface area contributed by atoms with Gasteiger partial charge in [-0.1, -0.05) is 56.3 Å². The van der Waals surface area contributed by atoms with Crippen LogP contribution in [0, 0.1) is 5.92 Å². The molecular weight excluding hydrogens is 522 g/mol. The van der Waals surface area contributed by atoms with Gasteiger partial charge in [-0.15, -0.1) is 0 Å². The molecule has 3 N–H and O–H groups in total. The van der Waals surface area contributed by atoms with Crippen LogP contribution >= 0.6 is 0 Å². The Morgan fingerprint density at radius 1 is 1.02 bits per heavy atom. The number of nitrogens with two attached hydrogens (primary N) is 1. The van der Waals surface area contributed by atoms with E-state index in [4.69, 9.17) is 10.6 Å². The molecule has 2 aliphatic heterocycles. The van der Waals surface area contributed by atoms with Gasteiger partial charge in [0.25, 0.3) is 11.5 Å². The topological polar surface area (TPSA) is 140 Å². The second-order valence-corrected chi connectivity index (χ2v) is 12.1. The lowest BCUT2D eigenvalue weighted by Gasteiger charge is -2.54. The number of oxime groups is 1. The van der Waals surface area contributed by atoms with Crippen molar-refractivity contribution in [2.75, 3.05) is 6.61 Å². The summed E-state index contributed by atoms with van der Waals surface area (Å²) in [6.45, 7) is 1.82. The fourth-order valence-corrected chi connectivity index (χ4v) is 7.71. The van der Waals surface area contributed by atoms with E-state index in [2.05, 4.69) is 22.0 Å². The highest BCUT2D eigenvalue weighted by Crippen LogP contribution is 2.44. The molecule has 5 rings (SSSR count). The monoisotopic (exact) mass is 565 g/mol. The van der Waals surface area contributed by atoms with E-state index in [1.54, 1.807) is 0 Å². The number of para-hydroxylation sites is 2. The Kier molecular flexibility index (Phi) is 9.37. The van der Waals surface area contributed by atoms with Gasteiger partial charge < -0.3 is 20.2 Å². The number of piperidine rings is 2. The number of carboxylic acid groups (broad SMARTS) is 1. The number of hydrogen-bond donors (Lipinski definition) is 2. The number of aliphatic carboxylic acids is 1. The Bertz CT molecular complexity index is 1320. The van der Waals surface area contributed by atoms with Crippen LogP contribution in [-0.4, -0.2) is 61.9 Å². The summed E-state index contributed by atoms with van der Waals surface area (Å²) in [6, 6.07) is 9.11. The summed E-state index contributed by atoms with van der Waals surface area (Å²) in [5.41, 5.74) is 6.48. The van der Waals surface area contributed by atoms with Gasteiger partial charge in [-0.3, -0.25) is 19.3 Å². The largest absolute Gasteiger partial charge is 0.481 e. The maximum atomic E-state index is 14.2. The number of carbonyl (C=O) groups excluding carboxylic acids is 1. The highest BCUT2D eigenvalue weighted by molar-refractivity contribution is 6.00. The molecule has 10 heteroatoms. The molecule has 2 saturated heterocycles. The van der Waals surface area contributed by atoms with Crippen LogP contribution in [0.4, 0.5) is 0 Å². The summed E-state index contributed by atoms with van der Waals surface area (Å²) in [4.78, 5) is 49.4. The van der Waals surface area contributed by atoms with E-state index in [-0.39, 0.29) is 35.8 Å². The summed E-state index contributed by atoms with van der Waals surface area (Å²) >= 11 is 0. The lowest BCUT2D eigenvalue weighted by molar-refractivity contribution is -0.136. The van der Waals surface area contributed by atoms with Crippen molar-refractivity contribution in [3.05, 3.63) is 40.3 Å². The zero-order chi connectivity index (χ0) is 28.9. The Hall–Kier alpha value is -3.27. The normalized spacial score (nSPS) is 27.0. The molecule has 3 aliphatic rings. The lowest BCUT2D eigenvalue weighted by Crippen LogP contribution is -2.58. The quantitative estimate of drug-likeness (QED) is 0.304. The van der Waals surface area contributed by atoms with Gasteiger partial charge in [-0.25, -0.2) is 4.98 Å². The van der Waals surface area contributed by atoms with Crippen molar-refractivity contribution in [3.8, 4) is 0 Å². The summed E-state index contributed by atoms with van der Waals surface area (Å²) in [5.74, 6) is -0.919. The fourth-order valence-electron chi connectivity index (χ4n) is 7.71. The maximum Gasteiger partial charge on any atom is 0.303 e. The van der Waals surface area contributed by atoms with Crippen molar-refractivity contribution in [3.63, 3.8) is 0 Å². The number of fused-ring (bicyclic) bond motifs is 3. The highest BCUT2D eigenvalue weighted by Gasteiger charge is 2.43. The number of primary amides is 1. The van der Waals surface area contributed by atoms with Crippen molar-refractivity contribution in [2.45, 2.75) is 115 Å². The Balaban J connectivity index is 1.49. The van der Waals surface area contributed by atoms with Gasteiger partial charge in [0, 0.05) is 30.6 Å². The van der Waals surface area contributed by atoms with Crippen LogP contribution in [-0.2, 0) is 14.4 Å². The smallest absolute Gasteiger partial charge is 0.303 e. The minimum atomic E-state index is -1.03. The predicted molar refractivity (Wildman–Crippen MR) is 157 cm³/mol. The van der Waals surface area contributed by atoms with Gasteiger partial charge in [-0.2, -0.15) is 0 Å². The first-order chi connectivity index (χ1) is 19.9. The molecule has 10 nitrogen and oxygen atoms in total. The van der Waals surface area contributed by atoms with Crippen LogP contribution in [0.3, 0.4) is 0 Å². The Morgan fingerprint density at radius 2 is 1.71 bits per heavy atom. The third-order valence-electron chi connectivity index (χ3n) is 9.27. The maximum absolute atomic E-state index is 14.2. The first-order valence-electron chi connectivity index (χ1n) is 15.3. The molecule has 2 bridgehead atoms. The molecule has 1 aromatic carbocycles. The molecule has 1 aliphatic carbocycles. The van der Waals surface area contributed by atoms with Gasteiger partial charge in [0.15, 0.2) is 12.3 Å². The molecule has 1 saturated carbocycles. The van der Waals surface area contributed by atoms with Crippen molar-refractivity contribution in [2.24, 2.45) is 16.8 Å². The van der Waals surface area contributed by atoms with Crippen molar-refractivity contribution in [1.82, 2.24) is 14.5 Å². The van der Waals surface area contributed by atoms with Crippen molar-refractivity contribution in [1.29, 1.82) is 0 Å². The van der Waals surface area contributed by atoms with E-state index >= 15 is 0 Å². The summed E-state index contributed by atoms with van der Waals surface area (Å²) in [7, 11) is 0. The van der Waals surface area contributed by atoms with Crippen LogP contribution in [0.15, 0.2) is 34.2 Å². The molecule has 41 heavy (non-hydrogen) atoms. The molecule has 1 amide bonds. The Labute approximate surface area is 240 Å². The van der Waals surface area contributed by atoms with Crippen molar-refractivity contribution >= 4 is 28.6 Å². The van der Waals surface area contributed by atoms with E-state index < -0.39 is 18.5 Å². The minimum absolute atomic E-state index is 0.00277. The van der Waals surface area contributed by atoms with Crippen LogP contribution in [0.25, 0.3) is 11.0 Å². The zero-order valence-electron chi connectivity index (χ0n) is 24.0. The van der Waals surface area contributed by atoms with Gasteiger partial charge in [-0.05, 0) is 56.6 Å². The zero-order valence-corrected chi connectivity index (χ0v) is 24.0. The number of carbonyl (C=O) groups is 2. The number of hydrogen-bond acceptors (Lipinski definition) is 7. The molecule has 3 heterocycles. The molecule has 0 unspecified atom stereocenters. The van der Waals surface area contributed by atoms with E-state index in [0.29, 0.717) is 23.6 Å². The van der Waals surface area contributed by atoms with Gasteiger partial charge in [0.2, 0.25) is 0 Å². The van der Waals surface area contributed by atoms with E-state index in [1.807, 2.05) is 28.8 Å². The minimum Gasteiger partial charge on any atom is -0.481 e. The molecule has 5 atom stereocenters. The molecular formula is C31H43N5O5. The summed E-state index contributed by atoms with van der Waals surface area (Å²) in [5, 5.41) is 13.3. The molecule has 1 aromatic heterocycles. The first-order valence-corrected chi connectivity index (χ1v) is 15.3. The average Bonchev–Trinajstić information content (AvgIpc) is 2.94. The van der Waals surface area contributed by atoms with Crippen LogP contribution in [0.2, 0.25) is 0 Å². The molecule has 0 radical (unpaired) electrons. The van der Waals surface area contributed by atoms with Crippen LogP contribution in [0.5, 0.6) is 0 Å². The van der Waals surface area contributed by atoms with Crippen LogP contribution in [0.1, 0.15) is 102 Å². The van der Waals surface area contributed by atoms with E-state index in [1.165, 1.54) is 44.9 Å². The molecule has 3 fully saturated rings. The summed E-state index contributed by atoms with van der Waals surface area (Å²) in [6.07, 6.45) is 12.8. The average molecular weight is 566 g/mol. The van der Waals surface area contributed by atoms with Crippen molar-refractivity contribution < 1.29 is 19.5 Å². The lowest BCUT2D eigenvalue weighted by atomic mass is 9.76. The fraction of sp³-hybridized carbons (Fsp3) is 0.645. The van der Waals surface area contributed by atoms with Gasteiger partial charge in [0.05, 0.1) is 17.5 Å². The molecule has 222 valence electrons. The van der Waals surface area contributed by atoms with Gasteiger partial charge in [0.1, 0.15) is 5.71 Å². The Morgan fingerprint density at radius 3 is 2.39 bits per heavy atom. The van der Waals surface area contributed by atoms with E-state index in [0.717, 1.165) is 37.1 Å². The third kappa shape index (κ3) is 6.63. The van der Waals surface area contributed by atoms with Gasteiger partial charge >= 0.3 is 5.97 Å². The standard InChI is InChI=1S/C31H43N5O5/c1-2-7-20-8-5-9-21(16-20)35-22-10-6-11-23(35)18-24(17-22)36-27-13-4-3-12-25(27)33-30(31(36)40)26(14-15-29(38)39)34-41-19-28(32)37/h3-4,12-13,20-24H,2,5-11,14-19H2,1H3,(H2,32,37)(H,38,39)/b34-26+/t20-,21-,22-,23+,24+/m0/s1. The highest BCUT2D eigenvalue weighted by atomic mass is 16.6. The molecule has 2 aromatic rings. The number of aromatic nitrogens is 2.